The van der Waals surface area contributed by atoms with E-state index >= 15 is 0 Å². The van der Waals surface area contributed by atoms with Crippen molar-refractivity contribution in [3.05, 3.63) is 47.5 Å². The Morgan fingerprint density at radius 1 is 0.795 bits per heavy atom. The summed E-state index contributed by atoms with van der Waals surface area (Å²) in [4.78, 5) is 0. The van der Waals surface area contributed by atoms with Gasteiger partial charge in [-0.05, 0) is 35.4 Å². The molecular weight excluding hydrogens is 520 g/mol. The normalized spacial score (nSPS) is 37.9. The van der Waals surface area contributed by atoms with E-state index in [9.17, 15) is 35.7 Å². The molecule has 0 bridgehead atoms. The zero-order chi connectivity index (χ0) is 28.1. The van der Waals surface area contributed by atoms with Crippen molar-refractivity contribution in [2.45, 2.75) is 54.1 Å². The van der Waals surface area contributed by atoms with E-state index in [2.05, 4.69) is 0 Å². The number of rotatable bonds is 7. The second-order valence-corrected chi connectivity index (χ2v) is 9.89. The van der Waals surface area contributed by atoms with Crippen LogP contribution in [0, 0.1) is 0 Å². The second kappa shape index (κ2) is 10.4. The maximum absolute atomic E-state index is 11.7. The van der Waals surface area contributed by atoms with Gasteiger partial charge < -0.3 is 64.2 Å². The average molecular weight is 553 g/mol. The monoisotopic (exact) mass is 552 g/mol. The molecule has 3 saturated heterocycles. The minimum Gasteiger partial charge on any atom is -0.504 e. The Morgan fingerprint density at radius 2 is 1.36 bits per heavy atom. The summed E-state index contributed by atoms with van der Waals surface area (Å²) in [5, 5.41) is 73.0. The molecule has 2 aromatic rings. The number of phenolic OH excluding ortho intramolecular Hbond substituents is 1. The molecule has 9 atom stereocenters. The molecule has 2 aromatic carbocycles. The van der Waals surface area contributed by atoms with Gasteiger partial charge in [-0.3, -0.25) is 0 Å². The summed E-state index contributed by atoms with van der Waals surface area (Å²) in [6.45, 7) is -1.12. The van der Waals surface area contributed by atoms with E-state index in [0.717, 1.165) is 0 Å². The van der Waals surface area contributed by atoms with Gasteiger partial charge in [0.25, 0.3) is 0 Å². The third kappa shape index (κ3) is 4.40. The highest BCUT2D eigenvalue weighted by molar-refractivity contribution is 5.47. The number of fused-ring (bicyclic) bond motifs is 1. The van der Waals surface area contributed by atoms with Crippen molar-refractivity contribution in [3.8, 4) is 23.0 Å². The van der Waals surface area contributed by atoms with E-state index in [-0.39, 0.29) is 36.2 Å². The third-order valence-electron chi connectivity index (χ3n) is 7.65. The number of aliphatic hydroxyl groups excluding tert-OH is 4. The summed E-state index contributed by atoms with van der Waals surface area (Å²) < 4.78 is 33.4. The van der Waals surface area contributed by atoms with Gasteiger partial charge in [0.2, 0.25) is 6.29 Å². The minimum absolute atomic E-state index is 0.0832. The Morgan fingerprint density at radius 3 is 1.92 bits per heavy atom. The lowest BCUT2D eigenvalue weighted by Crippen LogP contribution is -2.60. The number of aromatic hydroxyl groups is 1. The van der Waals surface area contributed by atoms with Gasteiger partial charge in [0.15, 0.2) is 34.2 Å². The molecule has 13 heteroatoms. The summed E-state index contributed by atoms with van der Waals surface area (Å²) in [5.41, 5.74) is -2.78. The average Bonchev–Trinajstić information content (AvgIpc) is 3.35. The van der Waals surface area contributed by atoms with Gasteiger partial charge in [0.05, 0.1) is 34.0 Å². The fraction of sp³-hybridized carbons (Fsp3) is 0.538. The molecule has 7 N–H and O–H groups in total. The molecule has 3 heterocycles. The third-order valence-corrected chi connectivity index (χ3v) is 7.65. The summed E-state index contributed by atoms with van der Waals surface area (Å²) in [6.07, 6.45) is -9.35. The molecule has 5 rings (SSSR count). The lowest BCUT2D eigenvalue weighted by Gasteiger charge is -2.39. The van der Waals surface area contributed by atoms with Crippen LogP contribution in [0.5, 0.6) is 23.0 Å². The topological polar surface area (TPSA) is 197 Å². The highest BCUT2D eigenvalue weighted by atomic mass is 16.7. The predicted octanol–water partition coefficient (Wildman–Crippen LogP) is -1.11. The molecule has 0 spiro atoms. The van der Waals surface area contributed by atoms with Gasteiger partial charge in [-0.1, -0.05) is 12.1 Å². The maximum atomic E-state index is 11.7. The number of phenols is 1. The minimum atomic E-state index is -1.85. The van der Waals surface area contributed by atoms with Crippen LogP contribution in [0.25, 0.3) is 0 Å². The first-order valence-corrected chi connectivity index (χ1v) is 12.3. The highest BCUT2D eigenvalue weighted by Crippen LogP contribution is 2.56. The Hall–Kier alpha value is -2.72. The number of ether oxygens (including phenoxy) is 6. The van der Waals surface area contributed by atoms with Crippen molar-refractivity contribution in [2.24, 2.45) is 0 Å². The summed E-state index contributed by atoms with van der Waals surface area (Å²) in [7, 11) is 2.76. The smallest absolute Gasteiger partial charge is 0.229 e. The molecule has 0 amide bonds. The van der Waals surface area contributed by atoms with Crippen LogP contribution >= 0.6 is 0 Å². The molecule has 0 unspecified atom stereocenters. The van der Waals surface area contributed by atoms with E-state index in [1.54, 1.807) is 12.1 Å². The van der Waals surface area contributed by atoms with Crippen molar-refractivity contribution in [1.82, 2.24) is 0 Å². The molecule has 0 saturated carbocycles. The van der Waals surface area contributed by atoms with Gasteiger partial charge >= 0.3 is 0 Å². The van der Waals surface area contributed by atoms with Crippen molar-refractivity contribution >= 4 is 0 Å². The number of aliphatic hydroxyl groups is 6. The molecule has 0 aromatic heterocycles. The quantitative estimate of drug-likeness (QED) is 0.219. The first-order valence-electron chi connectivity index (χ1n) is 12.3. The highest BCUT2D eigenvalue weighted by Gasteiger charge is 2.69. The van der Waals surface area contributed by atoms with Crippen LogP contribution in [-0.2, 0) is 14.2 Å². The summed E-state index contributed by atoms with van der Waals surface area (Å²) >= 11 is 0. The molecule has 214 valence electrons. The lowest BCUT2D eigenvalue weighted by molar-refractivity contribution is -0.277. The molecular formula is C26H32O13. The molecule has 3 fully saturated rings. The SMILES string of the molecule is COc1cc([C@@H]2OC[C@]3(O)[C@@H](c4ccc(O[C@@H]5O[C@H](CO)[C@@H](O)[C@H](O)[C@H]5O)c(OC)c4)OC[C@@]23O)ccc1O. The van der Waals surface area contributed by atoms with E-state index in [4.69, 9.17) is 28.4 Å². The Balaban J connectivity index is 1.39. The molecule has 13 nitrogen and oxygen atoms in total. The van der Waals surface area contributed by atoms with Gasteiger partial charge in [-0.25, -0.2) is 0 Å². The molecule has 3 aliphatic rings. The number of benzene rings is 2. The maximum Gasteiger partial charge on any atom is 0.229 e. The van der Waals surface area contributed by atoms with E-state index in [0.29, 0.717) is 11.1 Å². The van der Waals surface area contributed by atoms with E-state index in [1.807, 2.05) is 0 Å². The largest absolute Gasteiger partial charge is 0.504 e. The van der Waals surface area contributed by atoms with Crippen LogP contribution in [0.15, 0.2) is 36.4 Å². The first-order chi connectivity index (χ1) is 18.6. The zero-order valence-corrected chi connectivity index (χ0v) is 21.2. The number of hydrogen-bond acceptors (Lipinski definition) is 13. The molecule has 0 aliphatic carbocycles. The second-order valence-electron chi connectivity index (χ2n) is 9.89. The first kappa shape index (κ1) is 27.8. The summed E-state index contributed by atoms with van der Waals surface area (Å²) in [5.74, 6) is 0.360. The van der Waals surface area contributed by atoms with Gasteiger partial charge in [0, 0.05) is 0 Å². The van der Waals surface area contributed by atoms with E-state index < -0.39 is 60.7 Å². The fourth-order valence-electron chi connectivity index (χ4n) is 5.39. The Labute approximate surface area is 223 Å². The van der Waals surface area contributed by atoms with Gasteiger partial charge in [-0.15, -0.1) is 0 Å². The van der Waals surface area contributed by atoms with Crippen molar-refractivity contribution in [2.75, 3.05) is 34.0 Å². The molecule has 3 aliphatic heterocycles. The van der Waals surface area contributed by atoms with Crippen LogP contribution in [-0.4, -0.2) is 112 Å². The molecule has 39 heavy (non-hydrogen) atoms. The van der Waals surface area contributed by atoms with Crippen molar-refractivity contribution in [3.63, 3.8) is 0 Å². The number of hydrogen-bond donors (Lipinski definition) is 7. The standard InChI is InChI=1S/C26H32O13/c1-34-16-7-12(3-5-14(16)28)22-25(32)10-37-23(26(25,33)11-36-22)13-4-6-15(17(8-13)35-2)38-24-21(31)20(30)19(29)18(9-27)39-24/h3-8,18-24,27-33H,9-11H2,1-2H3/t18-,19-,20+,21-,22+,23-,24-,25-,26+/m1/s1. The van der Waals surface area contributed by atoms with Crippen LogP contribution < -0.4 is 14.2 Å². The molecule has 0 radical (unpaired) electrons. The van der Waals surface area contributed by atoms with Crippen LogP contribution in [0.4, 0.5) is 0 Å². The number of methoxy groups -OCH3 is 2. The van der Waals surface area contributed by atoms with Crippen molar-refractivity contribution in [1.29, 1.82) is 0 Å². The van der Waals surface area contributed by atoms with Crippen molar-refractivity contribution < 1.29 is 64.2 Å². The van der Waals surface area contributed by atoms with E-state index in [1.165, 1.54) is 38.5 Å². The Bertz CT molecular complexity index is 1190. The van der Waals surface area contributed by atoms with Gasteiger partial charge in [0.1, 0.15) is 36.6 Å². The Kier molecular flexibility index (Phi) is 7.39. The lowest BCUT2D eigenvalue weighted by atomic mass is 9.77. The zero-order valence-electron chi connectivity index (χ0n) is 21.2. The predicted molar refractivity (Wildman–Crippen MR) is 129 cm³/mol. The van der Waals surface area contributed by atoms with Crippen LogP contribution in [0.3, 0.4) is 0 Å². The van der Waals surface area contributed by atoms with Crippen LogP contribution in [0.1, 0.15) is 23.3 Å². The summed E-state index contributed by atoms with van der Waals surface area (Å²) in [6, 6.07) is 9.04. The van der Waals surface area contributed by atoms with Crippen LogP contribution in [0.2, 0.25) is 0 Å². The van der Waals surface area contributed by atoms with Gasteiger partial charge in [-0.2, -0.15) is 0 Å². The fourth-order valence-corrected chi connectivity index (χ4v) is 5.39.